The lowest BCUT2D eigenvalue weighted by Crippen LogP contribution is -2.37. The topological polar surface area (TPSA) is 93.3 Å². The summed E-state index contributed by atoms with van der Waals surface area (Å²) in [5, 5.41) is 8.14. The van der Waals surface area contributed by atoms with Crippen LogP contribution >= 0.6 is 11.8 Å². The summed E-state index contributed by atoms with van der Waals surface area (Å²) in [6.07, 6.45) is 3.25. The number of pyridine rings is 1. The van der Waals surface area contributed by atoms with Crippen molar-refractivity contribution in [2.75, 3.05) is 29.9 Å². The molecule has 1 aliphatic heterocycles. The zero-order valence-corrected chi connectivity index (χ0v) is 20.8. The van der Waals surface area contributed by atoms with Crippen LogP contribution in [0, 0.1) is 6.92 Å². The Hall–Kier alpha value is -3.59. The van der Waals surface area contributed by atoms with Gasteiger partial charge in [-0.1, -0.05) is 0 Å². The first-order chi connectivity index (χ1) is 16.9. The van der Waals surface area contributed by atoms with E-state index in [1.54, 1.807) is 41.4 Å². The third-order valence-corrected chi connectivity index (χ3v) is 7.04. The number of aromatic nitrogens is 3. The number of rotatable bonds is 5. The van der Waals surface area contributed by atoms with Crippen LogP contribution in [0.1, 0.15) is 46.2 Å². The standard InChI is InChI=1S/C26H27N5O3S/c1-16(2)31-24-20(15-27-31)19(14-22(28-24)23-5-4-10-34-23)25(32)29-21-7-6-18(13-17(21)3)26(33)30-8-11-35-12-9-30/h4-7,10,13-16H,8-9,11-12H2,1-3H3,(H,29,32). The Morgan fingerprint density at radius 1 is 1.14 bits per heavy atom. The molecule has 1 fully saturated rings. The van der Waals surface area contributed by atoms with Gasteiger partial charge in [-0.25, -0.2) is 9.67 Å². The number of furan rings is 1. The molecule has 2 amide bonds. The number of carbonyl (C=O) groups excluding carboxylic acids is 2. The van der Waals surface area contributed by atoms with Gasteiger partial charge in [0.1, 0.15) is 5.69 Å². The van der Waals surface area contributed by atoms with E-state index < -0.39 is 0 Å². The van der Waals surface area contributed by atoms with Crippen molar-refractivity contribution in [2.24, 2.45) is 0 Å². The van der Waals surface area contributed by atoms with Crippen LogP contribution < -0.4 is 5.32 Å². The number of nitrogens with zero attached hydrogens (tertiary/aromatic N) is 4. The Morgan fingerprint density at radius 3 is 2.63 bits per heavy atom. The van der Waals surface area contributed by atoms with Crippen molar-refractivity contribution in [1.82, 2.24) is 19.7 Å². The van der Waals surface area contributed by atoms with Crippen molar-refractivity contribution < 1.29 is 14.0 Å². The predicted octanol–water partition coefficient (Wildman–Crippen LogP) is 5.02. The first kappa shape index (κ1) is 23.2. The van der Waals surface area contributed by atoms with E-state index in [2.05, 4.69) is 10.4 Å². The fourth-order valence-electron chi connectivity index (χ4n) is 4.21. The molecule has 35 heavy (non-hydrogen) atoms. The monoisotopic (exact) mass is 489 g/mol. The van der Waals surface area contributed by atoms with Gasteiger partial charge in [0.25, 0.3) is 11.8 Å². The summed E-state index contributed by atoms with van der Waals surface area (Å²) in [5.41, 5.74) is 3.76. The van der Waals surface area contributed by atoms with E-state index in [1.165, 1.54) is 0 Å². The SMILES string of the molecule is Cc1cc(C(=O)N2CCSCC2)ccc1NC(=O)c1cc(-c2ccco2)nc2c1cnn2C(C)C. The normalized spacial score (nSPS) is 14.0. The largest absolute Gasteiger partial charge is 0.463 e. The molecule has 9 heteroatoms. The molecule has 0 saturated carbocycles. The maximum atomic E-state index is 13.5. The first-order valence-corrected chi connectivity index (χ1v) is 12.8. The van der Waals surface area contributed by atoms with E-state index >= 15 is 0 Å². The van der Waals surface area contributed by atoms with Gasteiger partial charge in [0, 0.05) is 41.9 Å². The number of anilines is 1. The minimum absolute atomic E-state index is 0.0336. The number of aryl methyl sites for hydroxylation is 1. The van der Waals surface area contributed by atoms with Crippen LogP contribution in [-0.4, -0.2) is 56.1 Å². The molecule has 1 N–H and O–H groups in total. The average molecular weight is 490 g/mol. The molecule has 1 aliphatic rings. The lowest BCUT2D eigenvalue weighted by atomic mass is 10.1. The molecule has 0 aliphatic carbocycles. The Labute approximate surface area is 207 Å². The van der Waals surface area contributed by atoms with E-state index in [-0.39, 0.29) is 17.9 Å². The van der Waals surface area contributed by atoms with Gasteiger partial charge in [-0.2, -0.15) is 16.9 Å². The van der Waals surface area contributed by atoms with E-state index in [0.717, 1.165) is 30.2 Å². The molecule has 0 atom stereocenters. The molecule has 4 heterocycles. The van der Waals surface area contributed by atoms with Crippen molar-refractivity contribution >= 4 is 40.3 Å². The molecule has 0 bridgehead atoms. The molecule has 180 valence electrons. The summed E-state index contributed by atoms with van der Waals surface area (Å²) in [6, 6.07) is 10.8. The molecule has 0 unspecified atom stereocenters. The van der Waals surface area contributed by atoms with Gasteiger partial charge in [-0.3, -0.25) is 9.59 Å². The maximum absolute atomic E-state index is 13.5. The Morgan fingerprint density at radius 2 is 1.94 bits per heavy atom. The van der Waals surface area contributed by atoms with E-state index in [9.17, 15) is 9.59 Å². The minimum atomic E-state index is -0.274. The Balaban J connectivity index is 1.46. The van der Waals surface area contributed by atoms with Crippen molar-refractivity contribution in [3.8, 4) is 11.5 Å². The molecule has 0 spiro atoms. The van der Waals surface area contributed by atoms with Gasteiger partial charge in [-0.05, 0) is 62.7 Å². The van der Waals surface area contributed by atoms with Crippen molar-refractivity contribution in [1.29, 1.82) is 0 Å². The average Bonchev–Trinajstić information content (AvgIpc) is 3.55. The molecule has 4 aromatic rings. The first-order valence-electron chi connectivity index (χ1n) is 11.6. The highest BCUT2D eigenvalue weighted by Crippen LogP contribution is 2.28. The molecule has 0 radical (unpaired) electrons. The lowest BCUT2D eigenvalue weighted by molar-refractivity contribution is 0.0772. The van der Waals surface area contributed by atoms with Crippen molar-refractivity contribution in [2.45, 2.75) is 26.8 Å². The quantitative estimate of drug-likeness (QED) is 0.423. The van der Waals surface area contributed by atoms with Crippen LogP contribution in [0.25, 0.3) is 22.5 Å². The molecular formula is C26H27N5O3S. The maximum Gasteiger partial charge on any atom is 0.256 e. The van der Waals surface area contributed by atoms with Crippen LogP contribution in [0.4, 0.5) is 5.69 Å². The number of hydrogen-bond donors (Lipinski definition) is 1. The molecule has 1 aromatic carbocycles. The minimum Gasteiger partial charge on any atom is -0.463 e. The van der Waals surface area contributed by atoms with Gasteiger partial charge < -0.3 is 14.6 Å². The van der Waals surface area contributed by atoms with Crippen LogP contribution in [0.5, 0.6) is 0 Å². The number of thioether (sulfide) groups is 1. The molecule has 3 aromatic heterocycles. The zero-order valence-electron chi connectivity index (χ0n) is 19.9. The highest BCUT2D eigenvalue weighted by molar-refractivity contribution is 7.99. The zero-order chi connectivity index (χ0) is 24.5. The highest BCUT2D eigenvalue weighted by atomic mass is 32.2. The number of hydrogen-bond acceptors (Lipinski definition) is 6. The van der Waals surface area contributed by atoms with Crippen LogP contribution in [-0.2, 0) is 0 Å². The number of benzene rings is 1. The van der Waals surface area contributed by atoms with E-state index in [0.29, 0.717) is 39.3 Å². The summed E-state index contributed by atoms with van der Waals surface area (Å²) >= 11 is 1.87. The van der Waals surface area contributed by atoms with Crippen molar-refractivity contribution in [3.05, 3.63) is 65.5 Å². The second-order valence-electron chi connectivity index (χ2n) is 8.84. The fraction of sp³-hybridized carbons (Fsp3) is 0.308. The third kappa shape index (κ3) is 4.55. The van der Waals surface area contributed by atoms with Gasteiger partial charge in [0.15, 0.2) is 11.4 Å². The van der Waals surface area contributed by atoms with Crippen molar-refractivity contribution in [3.63, 3.8) is 0 Å². The van der Waals surface area contributed by atoms with Gasteiger partial charge >= 0.3 is 0 Å². The number of nitrogens with one attached hydrogen (secondary N) is 1. The smallest absolute Gasteiger partial charge is 0.256 e. The molecular weight excluding hydrogens is 462 g/mol. The summed E-state index contributed by atoms with van der Waals surface area (Å²) < 4.78 is 7.34. The highest BCUT2D eigenvalue weighted by Gasteiger charge is 2.22. The summed E-state index contributed by atoms with van der Waals surface area (Å²) in [5.74, 6) is 2.27. The summed E-state index contributed by atoms with van der Waals surface area (Å²) in [6.45, 7) is 7.46. The molecule has 5 rings (SSSR count). The number of amides is 2. The summed E-state index contributed by atoms with van der Waals surface area (Å²) in [4.78, 5) is 32.9. The second-order valence-corrected chi connectivity index (χ2v) is 10.1. The Bertz CT molecular complexity index is 1390. The van der Waals surface area contributed by atoms with Crippen LogP contribution in [0.15, 0.2) is 53.3 Å². The van der Waals surface area contributed by atoms with E-state index in [4.69, 9.17) is 9.40 Å². The van der Waals surface area contributed by atoms with Crippen LogP contribution in [0.2, 0.25) is 0 Å². The van der Waals surface area contributed by atoms with Crippen LogP contribution in [0.3, 0.4) is 0 Å². The third-order valence-electron chi connectivity index (χ3n) is 6.09. The predicted molar refractivity (Wildman–Crippen MR) is 138 cm³/mol. The van der Waals surface area contributed by atoms with Gasteiger partial charge in [0.2, 0.25) is 0 Å². The Kier molecular flexibility index (Phi) is 6.34. The number of fused-ring (bicyclic) bond motifs is 1. The number of carbonyl (C=O) groups is 2. The fourth-order valence-corrected chi connectivity index (χ4v) is 5.11. The second kappa shape index (κ2) is 9.58. The van der Waals surface area contributed by atoms with Gasteiger partial charge in [-0.15, -0.1) is 0 Å². The molecule has 8 nitrogen and oxygen atoms in total. The summed E-state index contributed by atoms with van der Waals surface area (Å²) in [7, 11) is 0. The van der Waals surface area contributed by atoms with E-state index in [1.807, 2.05) is 49.6 Å². The van der Waals surface area contributed by atoms with Gasteiger partial charge in [0.05, 0.1) is 23.4 Å². The molecule has 1 saturated heterocycles. The lowest BCUT2D eigenvalue weighted by Gasteiger charge is -2.26.